The first-order chi connectivity index (χ1) is 11.9. The fourth-order valence-electron chi connectivity index (χ4n) is 2.33. The molecule has 0 aliphatic rings. The predicted octanol–water partition coefficient (Wildman–Crippen LogP) is 1.80. The van der Waals surface area contributed by atoms with E-state index in [0.717, 1.165) is 0 Å². The SMILES string of the molecule is CNCCN(C)C(=O)c1cccc(S(=O)(=O)N(C)c2ccccc2)c1. The van der Waals surface area contributed by atoms with Crippen LogP contribution in [0.25, 0.3) is 0 Å². The van der Waals surface area contributed by atoms with Gasteiger partial charge in [0.15, 0.2) is 0 Å². The summed E-state index contributed by atoms with van der Waals surface area (Å²) in [4.78, 5) is 14.1. The zero-order valence-electron chi connectivity index (χ0n) is 14.6. The van der Waals surface area contributed by atoms with Crippen molar-refractivity contribution >= 4 is 21.6 Å². The van der Waals surface area contributed by atoms with E-state index in [1.807, 2.05) is 13.1 Å². The fraction of sp³-hybridized carbons (Fsp3) is 0.278. The molecule has 0 saturated heterocycles. The molecule has 0 heterocycles. The first kappa shape index (κ1) is 19.0. The largest absolute Gasteiger partial charge is 0.340 e. The Labute approximate surface area is 149 Å². The second-order valence-corrected chi connectivity index (χ2v) is 7.64. The summed E-state index contributed by atoms with van der Waals surface area (Å²) in [5.74, 6) is -0.213. The van der Waals surface area contributed by atoms with E-state index in [4.69, 9.17) is 0 Å². The van der Waals surface area contributed by atoms with Crippen LogP contribution in [0.1, 0.15) is 10.4 Å². The molecule has 0 aliphatic heterocycles. The minimum atomic E-state index is -3.74. The molecule has 2 aromatic carbocycles. The Morgan fingerprint density at radius 2 is 1.72 bits per heavy atom. The third-order valence-electron chi connectivity index (χ3n) is 3.90. The van der Waals surface area contributed by atoms with Gasteiger partial charge in [-0.05, 0) is 37.4 Å². The highest BCUT2D eigenvalue weighted by molar-refractivity contribution is 7.92. The molecule has 0 aromatic heterocycles. The number of amides is 1. The number of hydrogen-bond acceptors (Lipinski definition) is 4. The summed E-state index contributed by atoms with van der Waals surface area (Å²) in [6, 6.07) is 15.0. The van der Waals surface area contributed by atoms with Crippen LogP contribution in [-0.4, -0.2) is 53.5 Å². The number of anilines is 1. The monoisotopic (exact) mass is 361 g/mol. The van der Waals surface area contributed by atoms with Gasteiger partial charge in [-0.3, -0.25) is 9.10 Å². The summed E-state index contributed by atoms with van der Waals surface area (Å²) in [5.41, 5.74) is 0.909. The molecule has 25 heavy (non-hydrogen) atoms. The molecular weight excluding hydrogens is 338 g/mol. The minimum absolute atomic E-state index is 0.0896. The topological polar surface area (TPSA) is 69.7 Å². The third kappa shape index (κ3) is 4.37. The van der Waals surface area contributed by atoms with Crippen LogP contribution >= 0.6 is 0 Å². The van der Waals surface area contributed by atoms with Crippen molar-refractivity contribution < 1.29 is 13.2 Å². The average Bonchev–Trinajstić information content (AvgIpc) is 2.65. The lowest BCUT2D eigenvalue weighted by atomic mass is 10.2. The van der Waals surface area contributed by atoms with Crippen LogP contribution in [0.3, 0.4) is 0 Å². The summed E-state index contributed by atoms with van der Waals surface area (Å²) < 4.78 is 26.9. The van der Waals surface area contributed by atoms with Gasteiger partial charge in [-0.1, -0.05) is 24.3 Å². The van der Waals surface area contributed by atoms with Crippen LogP contribution in [0.15, 0.2) is 59.5 Å². The van der Waals surface area contributed by atoms with Gasteiger partial charge in [-0.15, -0.1) is 0 Å². The highest BCUT2D eigenvalue weighted by Crippen LogP contribution is 2.22. The first-order valence-electron chi connectivity index (χ1n) is 7.92. The molecule has 0 fully saturated rings. The Morgan fingerprint density at radius 3 is 2.36 bits per heavy atom. The number of likely N-dealkylation sites (N-methyl/N-ethyl adjacent to an activating group) is 2. The van der Waals surface area contributed by atoms with Crippen LogP contribution in [0.2, 0.25) is 0 Å². The molecule has 0 spiro atoms. The lowest BCUT2D eigenvalue weighted by Crippen LogP contribution is -2.33. The van der Waals surface area contributed by atoms with Crippen molar-refractivity contribution in [3.05, 3.63) is 60.2 Å². The zero-order valence-corrected chi connectivity index (χ0v) is 15.5. The lowest BCUT2D eigenvalue weighted by Gasteiger charge is -2.21. The van der Waals surface area contributed by atoms with E-state index in [9.17, 15) is 13.2 Å². The van der Waals surface area contributed by atoms with Gasteiger partial charge in [0.2, 0.25) is 0 Å². The van der Waals surface area contributed by atoms with Crippen LogP contribution in [0, 0.1) is 0 Å². The molecule has 0 saturated carbocycles. The average molecular weight is 361 g/mol. The molecule has 0 atom stereocenters. The van der Waals surface area contributed by atoms with E-state index in [-0.39, 0.29) is 10.8 Å². The molecule has 1 N–H and O–H groups in total. The van der Waals surface area contributed by atoms with Crippen molar-refractivity contribution in [1.82, 2.24) is 10.2 Å². The Hall–Kier alpha value is -2.38. The number of nitrogens with one attached hydrogen (secondary N) is 1. The van der Waals surface area contributed by atoms with Gasteiger partial charge in [0, 0.05) is 32.7 Å². The van der Waals surface area contributed by atoms with E-state index in [2.05, 4.69) is 5.32 Å². The van der Waals surface area contributed by atoms with E-state index in [0.29, 0.717) is 24.3 Å². The summed E-state index contributed by atoms with van der Waals surface area (Å²) in [7, 11) is 1.26. The van der Waals surface area contributed by atoms with Gasteiger partial charge in [-0.25, -0.2) is 8.42 Å². The maximum atomic E-state index is 12.8. The lowest BCUT2D eigenvalue weighted by molar-refractivity contribution is 0.0796. The maximum Gasteiger partial charge on any atom is 0.264 e. The van der Waals surface area contributed by atoms with Crippen molar-refractivity contribution in [3.63, 3.8) is 0 Å². The maximum absolute atomic E-state index is 12.8. The number of nitrogens with zero attached hydrogens (tertiary/aromatic N) is 2. The smallest absolute Gasteiger partial charge is 0.264 e. The minimum Gasteiger partial charge on any atom is -0.340 e. The number of carbonyl (C=O) groups excluding carboxylic acids is 1. The Bertz CT molecular complexity index is 822. The molecule has 0 unspecified atom stereocenters. The zero-order chi connectivity index (χ0) is 18.4. The van der Waals surface area contributed by atoms with Gasteiger partial charge in [0.05, 0.1) is 10.6 Å². The van der Waals surface area contributed by atoms with Crippen LogP contribution in [0.4, 0.5) is 5.69 Å². The first-order valence-corrected chi connectivity index (χ1v) is 9.36. The number of sulfonamides is 1. The summed E-state index contributed by atoms with van der Waals surface area (Å²) >= 11 is 0. The summed E-state index contributed by atoms with van der Waals surface area (Å²) in [5, 5.41) is 2.98. The fourth-order valence-corrected chi connectivity index (χ4v) is 3.57. The second kappa shape index (κ2) is 8.13. The molecule has 134 valence electrons. The number of rotatable bonds is 7. The molecule has 1 amide bonds. The van der Waals surface area contributed by atoms with Crippen molar-refractivity contribution in [2.75, 3.05) is 38.5 Å². The highest BCUT2D eigenvalue weighted by Gasteiger charge is 2.23. The van der Waals surface area contributed by atoms with Gasteiger partial charge < -0.3 is 10.2 Å². The van der Waals surface area contributed by atoms with Crippen molar-refractivity contribution in [2.24, 2.45) is 0 Å². The van der Waals surface area contributed by atoms with Crippen molar-refractivity contribution in [1.29, 1.82) is 0 Å². The third-order valence-corrected chi connectivity index (χ3v) is 5.68. The number of para-hydroxylation sites is 1. The highest BCUT2D eigenvalue weighted by atomic mass is 32.2. The Kier molecular flexibility index (Phi) is 6.17. The van der Waals surface area contributed by atoms with E-state index in [1.54, 1.807) is 48.3 Å². The number of benzene rings is 2. The predicted molar refractivity (Wildman–Crippen MR) is 99.4 cm³/mol. The van der Waals surface area contributed by atoms with Crippen LogP contribution in [-0.2, 0) is 10.0 Å². The van der Waals surface area contributed by atoms with Crippen LogP contribution in [0.5, 0.6) is 0 Å². The van der Waals surface area contributed by atoms with Crippen molar-refractivity contribution in [2.45, 2.75) is 4.90 Å². The Morgan fingerprint density at radius 1 is 1.04 bits per heavy atom. The molecule has 2 aromatic rings. The van der Waals surface area contributed by atoms with Gasteiger partial charge >= 0.3 is 0 Å². The standard InChI is InChI=1S/C18H23N3O3S/c1-19-12-13-20(2)18(22)15-8-7-11-17(14-15)25(23,24)21(3)16-9-5-4-6-10-16/h4-11,14,19H,12-13H2,1-3H3. The second-order valence-electron chi connectivity index (χ2n) is 5.67. The number of hydrogen-bond donors (Lipinski definition) is 1. The molecule has 2 rings (SSSR count). The molecule has 0 radical (unpaired) electrons. The molecule has 0 bridgehead atoms. The van der Waals surface area contributed by atoms with Gasteiger partial charge in [-0.2, -0.15) is 0 Å². The molecular formula is C18H23N3O3S. The van der Waals surface area contributed by atoms with Gasteiger partial charge in [0.25, 0.3) is 15.9 Å². The molecule has 0 aliphatic carbocycles. The van der Waals surface area contributed by atoms with E-state index in [1.165, 1.54) is 23.5 Å². The van der Waals surface area contributed by atoms with E-state index >= 15 is 0 Å². The van der Waals surface area contributed by atoms with Gasteiger partial charge in [0.1, 0.15) is 0 Å². The summed E-state index contributed by atoms with van der Waals surface area (Å²) in [6.45, 7) is 1.20. The molecule has 6 nitrogen and oxygen atoms in total. The quantitative estimate of drug-likeness (QED) is 0.816. The van der Waals surface area contributed by atoms with Crippen LogP contribution < -0.4 is 9.62 Å². The summed E-state index contributed by atoms with van der Waals surface area (Å²) in [6.07, 6.45) is 0. The van der Waals surface area contributed by atoms with E-state index < -0.39 is 10.0 Å². The van der Waals surface area contributed by atoms with Crippen molar-refractivity contribution in [3.8, 4) is 0 Å². The Balaban J connectivity index is 2.30. The molecule has 7 heteroatoms. The normalized spacial score (nSPS) is 11.2. The number of carbonyl (C=O) groups is 1.